The molecule has 108 valence electrons. The van der Waals surface area contributed by atoms with E-state index < -0.39 is 0 Å². The summed E-state index contributed by atoms with van der Waals surface area (Å²) in [4.78, 5) is 0. The van der Waals surface area contributed by atoms with Crippen LogP contribution < -0.4 is 15.4 Å². The molecule has 0 saturated carbocycles. The summed E-state index contributed by atoms with van der Waals surface area (Å²) in [6.07, 6.45) is 0. The van der Waals surface area contributed by atoms with Gasteiger partial charge in [0, 0.05) is 19.1 Å². The van der Waals surface area contributed by atoms with Crippen LogP contribution in [0.3, 0.4) is 0 Å². The molecule has 0 fully saturated rings. The van der Waals surface area contributed by atoms with Gasteiger partial charge in [0.25, 0.3) is 0 Å². The Morgan fingerprint density at radius 2 is 1.95 bits per heavy atom. The van der Waals surface area contributed by atoms with Crippen LogP contribution in [0.5, 0.6) is 5.75 Å². The Bertz CT molecular complexity index is 382. The first-order valence-electron chi connectivity index (χ1n) is 6.79. The zero-order valence-electron chi connectivity index (χ0n) is 12.3. The molecular formula is C15H25FN2O. The number of halogens is 1. The van der Waals surface area contributed by atoms with Crippen molar-refractivity contribution in [2.24, 2.45) is 5.92 Å². The molecule has 0 aliphatic rings. The van der Waals surface area contributed by atoms with Gasteiger partial charge in [-0.2, -0.15) is 0 Å². The van der Waals surface area contributed by atoms with E-state index in [4.69, 9.17) is 4.74 Å². The van der Waals surface area contributed by atoms with Crippen molar-refractivity contribution in [3.05, 3.63) is 29.6 Å². The maximum atomic E-state index is 13.3. The van der Waals surface area contributed by atoms with Gasteiger partial charge in [0.15, 0.2) is 11.6 Å². The molecule has 1 unspecified atom stereocenters. The second-order valence-corrected chi connectivity index (χ2v) is 5.30. The van der Waals surface area contributed by atoms with E-state index in [2.05, 4.69) is 31.4 Å². The molecular weight excluding hydrogens is 243 g/mol. The van der Waals surface area contributed by atoms with Crippen LogP contribution in [0.15, 0.2) is 18.2 Å². The second kappa shape index (κ2) is 8.12. The quantitative estimate of drug-likeness (QED) is 0.760. The highest BCUT2D eigenvalue weighted by Crippen LogP contribution is 2.18. The van der Waals surface area contributed by atoms with Gasteiger partial charge in [0.05, 0.1) is 7.11 Å². The Morgan fingerprint density at radius 3 is 2.58 bits per heavy atom. The van der Waals surface area contributed by atoms with Crippen LogP contribution in [0, 0.1) is 11.7 Å². The molecule has 1 aromatic rings. The monoisotopic (exact) mass is 268 g/mol. The number of nitrogens with one attached hydrogen (secondary N) is 2. The van der Waals surface area contributed by atoms with Crippen molar-refractivity contribution in [3.8, 4) is 5.75 Å². The average molecular weight is 268 g/mol. The first-order chi connectivity index (χ1) is 9.02. The summed E-state index contributed by atoms with van der Waals surface area (Å²) in [6.45, 7) is 9.17. The van der Waals surface area contributed by atoms with Crippen molar-refractivity contribution >= 4 is 0 Å². The van der Waals surface area contributed by atoms with Crippen LogP contribution in [0.4, 0.5) is 4.39 Å². The van der Waals surface area contributed by atoms with Crippen LogP contribution in [0.1, 0.15) is 26.3 Å². The highest BCUT2D eigenvalue weighted by atomic mass is 19.1. The highest BCUT2D eigenvalue weighted by molar-refractivity contribution is 5.30. The molecule has 0 amide bonds. The first-order valence-corrected chi connectivity index (χ1v) is 6.79. The summed E-state index contributed by atoms with van der Waals surface area (Å²) in [5.41, 5.74) is 1.02. The fourth-order valence-electron chi connectivity index (χ4n) is 1.77. The van der Waals surface area contributed by atoms with Crippen molar-refractivity contribution < 1.29 is 9.13 Å². The molecule has 0 aromatic heterocycles. The maximum absolute atomic E-state index is 13.3. The standard InChI is InChI=1S/C15H25FN2O/c1-11(2)8-17-9-12(3)18-10-13-5-6-14(16)15(7-13)19-4/h5-7,11-12,17-18H,8-10H2,1-4H3. The van der Waals surface area contributed by atoms with Gasteiger partial charge in [-0.05, 0) is 37.1 Å². The number of ether oxygens (including phenoxy) is 1. The first kappa shape index (κ1) is 15.9. The molecule has 2 N–H and O–H groups in total. The van der Waals surface area contributed by atoms with Crippen LogP contribution in [0.25, 0.3) is 0 Å². The van der Waals surface area contributed by atoms with Crippen molar-refractivity contribution in [3.63, 3.8) is 0 Å². The third-order valence-corrected chi connectivity index (χ3v) is 2.87. The summed E-state index contributed by atoms with van der Waals surface area (Å²) >= 11 is 0. The van der Waals surface area contributed by atoms with Crippen molar-refractivity contribution in [2.75, 3.05) is 20.2 Å². The van der Waals surface area contributed by atoms with Crippen LogP contribution >= 0.6 is 0 Å². The molecule has 0 radical (unpaired) electrons. The van der Waals surface area contributed by atoms with Gasteiger partial charge in [0.1, 0.15) is 0 Å². The van der Waals surface area contributed by atoms with Crippen LogP contribution in [0.2, 0.25) is 0 Å². The van der Waals surface area contributed by atoms with E-state index in [1.54, 1.807) is 12.1 Å². The van der Waals surface area contributed by atoms with Crippen molar-refractivity contribution in [1.82, 2.24) is 10.6 Å². The Labute approximate surface area is 115 Å². The largest absolute Gasteiger partial charge is 0.494 e. The molecule has 0 aliphatic heterocycles. The normalized spacial score (nSPS) is 12.7. The zero-order chi connectivity index (χ0) is 14.3. The van der Waals surface area contributed by atoms with Gasteiger partial charge >= 0.3 is 0 Å². The molecule has 0 spiro atoms. The molecule has 4 heteroatoms. The number of benzene rings is 1. The molecule has 1 atom stereocenters. The molecule has 0 heterocycles. The molecule has 3 nitrogen and oxygen atoms in total. The number of rotatable bonds is 8. The predicted octanol–water partition coefficient (Wildman–Crippen LogP) is 2.56. The van der Waals surface area contributed by atoms with Crippen LogP contribution in [-0.2, 0) is 6.54 Å². The Balaban J connectivity index is 2.35. The van der Waals surface area contributed by atoms with Crippen molar-refractivity contribution in [2.45, 2.75) is 33.4 Å². The lowest BCUT2D eigenvalue weighted by Gasteiger charge is -2.16. The van der Waals surface area contributed by atoms with Gasteiger partial charge in [-0.15, -0.1) is 0 Å². The van der Waals surface area contributed by atoms with Crippen LogP contribution in [-0.4, -0.2) is 26.2 Å². The third kappa shape index (κ3) is 6.03. The van der Waals surface area contributed by atoms with Gasteiger partial charge in [-0.3, -0.25) is 0 Å². The van der Waals surface area contributed by atoms with E-state index in [0.717, 1.165) is 18.7 Å². The van der Waals surface area contributed by atoms with Gasteiger partial charge < -0.3 is 15.4 Å². The highest BCUT2D eigenvalue weighted by Gasteiger charge is 2.05. The van der Waals surface area contributed by atoms with Gasteiger partial charge in [-0.1, -0.05) is 19.9 Å². The molecule has 0 saturated heterocycles. The lowest BCUT2D eigenvalue weighted by molar-refractivity contribution is 0.385. The Morgan fingerprint density at radius 1 is 1.21 bits per heavy atom. The number of hydrogen-bond acceptors (Lipinski definition) is 3. The minimum atomic E-state index is -0.321. The zero-order valence-corrected chi connectivity index (χ0v) is 12.3. The van der Waals surface area contributed by atoms with Gasteiger partial charge in [-0.25, -0.2) is 4.39 Å². The predicted molar refractivity (Wildman–Crippen MR) is 77.0 cm³/mol. The summed E-state index contributed by atoms with van der Waals surface area (Å²) in [5.74, 6) is 0.636. The van der Waals surface area contributed by atoms with E-state index in [1.165, 1.54) is 13.2 Å². The van der Waals surface area contributed by atoms with Crippen molar-refractivity contribution in [1.29, 1.82) is 0 Å². The fraction of sp³-hybridized carbons (Fsp3) is 0.600. The molecule has 19 heavy (non-hydrogen) atoms. The SMILES string of the molecule is COc1cc(CNC(C)CNCC(C)C)ccc1F. The molecule has 0 bridgehead atoms. The number of methoxy groups -OCH3 is 1. The van der Waals surface area contributed by atoms with E-state index in [0.29, 0.717) is 24.3 Å². The average Bonchev–Trinajstić information content (AvgIpc) is 2.37. The maximum Gasteiger partial charge on any atom is 0.165 e. The summed E-state index contributed by atoms with van der Waals surface area (Å²) in [7, 11) is 1.48. The van der Waals surface area contributed by atoms with E-state index in [9.17, 15) is 4.39 Å². The third-order valence-electron chi connectivity index (χ3n) is 2.87. The Hall–Kier alpha value is -1.13. The van der Waals surface area contributed by atoms with E-state index in [1.807, 2.05) is 0 Å². The Kier molecular flexibility index (Phi) is 6.81. The lowest BCUT2D eigenvalue weighted by Crippen LogP contribution is -2.37. The summed E-state index contributed by atoms with van der Waals surface area (Å²) < 4.78 is 18.2. The summed E-state index contributed by atoms with van der Waals surface area (Å²) in [6, 6.07) is 5.32. The fourth-order valence-corrected chi connectivity index (χ4v) is 1.77. The molecule has 0 aliphatic carbocycles. The van der Waals surface area contributed by atoms with E-state index >= 15 is 0 Å². The molecule has 1 aromatic carbocycles. The minimum absolute atomic E-state index is 0.296. The topological polar surface area (TPSA) is 33.3 Å². The lowest BCUT2D eigenvalue weighted by atomic mass is 10.2. The molecule has 1 rings (SSSR count). The summed E-state index contributed by atoms with van der Waals surface area (Å²) in [5, 5.41) is 6.81. The smallest absolute Gasteiger partial charge is 0.165 e. The minimum Gasteiger partial charge on any atom is -0.494 e. The van der Waals surface area contributed by atoms with Gasteiger partial charge in [0.2, 0.25) is 0 Å². The number of hydrogen-bond donors (Lipinski definition) is 2. The second-order valence-electron chi connectivity index (χ2n) is 5.30. The van der Waals surface area contributed by atoms with E-state index in [-0.39, 0.29) is 5.82 Å².